The summed E-state index contributed by atoms with van der Waals surface area (Å²) in [6.07, 6.45) is 7.57. The van der Waals surface area contributed by atoms with E-state index in [9.17, 15) is 0 Å². The molecule has 0 unspecified atom stereocenters. The summed E-state index contributed by atoms with van der Waals surface area (Å²) in [7, 11) is 0. The highest BCUT2D eigenvalue weighted by Crippen LogP contribution is 2.54. The molecule has 1 atom stereocenters. The maximum atomic E-state index is 4.00. The van der Waals surface area contributed by atoms with Crippen LogP contribution in [0.25, 0.3) is 0 Å². The average molecular weight is 269 g/mol. The van der Waals surface area contributed by atoms with Crippen molar-refractivity contribution < 1.29 is 0 Å². The third-order valence-electron chi connectivity index (χ3n) is 6.25. The Morgan fingerprint density at radius 1 is 0.900 bits per heavy atom. The summed E-state index contributed by atoms with van der Waals surface area (Å²) >= 11 is 0. The standard InChI is InChI=1S/C19H27N/c1-12-3-5-16(6-4-12)13(2)20-19-17-8-14-7-15(10-17)11-18(19)9-14/h3-6,13-15,17-20H,7-11H2,1-2H3/t13-,14?,15?,17?,18?,19?/m1/s1. The van der Waals surface area contributed by atoms with Gasteiger partial charge in [-0.1, -0.05) is 29.8 Å². The van der Waals surface area contributed by atoms with Gasteiger partial charge in [0.2, 0.25) is 0 Å². The molecule has 108 valence electrons. The van der Waals surface area contributed by atoms with Gasteiger partial charge >= 0.3 is 0 Å². The second-order valence-electron chi connectivity index (χ2n) is 7.76. The first-order valence-electron chi connectivity index (χ1n) is 8.51. The molecule has 1 aromatic rings. The SMILES string of the molecule is Cc1ccc([C@@H](C)NC2C3CC4CC(C3)CC2C4)cc1. The van der Waals surface area contributed by atoms with Gasteiger partial charge in [0.25, 0.3) is 0 Å². The maximum Gasteiger partial charge on any atom is 0.0294 e. The Hall–Kier alpha value is -0.820. The van der Waals surface area contributed by atoms with Crippen LogP contribution in [0.1, 0.15) is 56.2 Å². The molecule has 4 fully saturated rings. The molecule has 0 radical (unpaired) electrons. The number of aryl methyl sites for hydroxylation is 1. The largest absolute Gasteiger partial charge is 0.307 e. The number of hydrogen-bond acceptors (Lipinski definition) is 1. The fourth-order valence-corrected chi connectivity index (χ4v) is 5.44. The van der Waals surface area contributed by atoms with Crippen LogP contribution in [-0.4, -0.2) is 6.04 Å². The van der Waals surface area contributed by atoms with Gasteiger partial charge in [-0.05, 0) is 75.2 Å². The van der Waals surface area contributed by atoms with Crippen LogP contribution in [0.2, 0.25) is 0 Å². The Labute approximate surface area is 123 Å². The van der Waals surface area contributed by atoms with Gasteiger partial charge in [-0.3, -0.25) is 0 Å². The molecule has 0 aromatic heterocycles. The highest BCUT2D eigenvalue weighted by Gasteiger charge is 2.48. The minimum atomic E-state index is 0.498. The molecule has 0 aliphatic heterocycles. The quantitative estimate of drug-likeness (QED) is 0.853. The first-order valence-corrected chi connectivity index (χ1v) is 8.51. The third kappa shape index (κ3) is 2.20. The minimum absolute atomic E-state index is 0.498. The second-order valence-corrected chi connectivity index (χ2v) is 7.76. The zero-order chi connectivity index (χ0) is 13.7. The van der Waals surface area contributed by atoms with E-state index in [4.69, 9.17) is 0 Å². The van der Waals surface area contributed by atoms with E-state index in [0.29, 0.717) is 6.04 Å². The highest BCUT2D eigenvalue weighted by atomic mass is 15.0. The number of hydrogen-bond donors (Lipinski definition) is 1. The average Bonchev–Trinajstić information content (AvgIpc) is 2.42. The van der Waals surface area contributed by atoms with Gasteiger partial charge in [0.1, 0.15) is 0 Å². The molecule has 4 aliphatic carbocycles. The lowest BCUT2D eigenvalue weighted by Crippen LogP contribution is -2.54. The van der Waals surface area contributed by atoms with Gasteiger partial charge < -0.3 is 5.32 Å². The summed E-state index contributed by atoms with van der Waals surface area (Å²) in [4.78, 5) is 0. The van der Waals surface area contributed by atoms with Crippen LogP contribution >= 0.6 is 0 Å². The monoisotopic (exact) mass is 269 g/mol. The summed E-state index contributed by atoms with van der Waals surface area (Å²) in [5.74, 6) is 4.09. The van der Waals surface area contributed by atoms with Crippen LogP contribution in [0.5, 0.6) is 0 Å². The fourth-order valence-electron chi connectivity index (χ4n) is 5.44. The number of benzene rings is 1. The zero-order valence-electron chi connectivity index (χ0n) is 12.8. The predicted octanol–water partition coefficient (Wildman–Crippen LogP) is 4.47. The van der Waals surface area contributed by atoms with Crippen molar-refractivity contribution >= 4 is 0 Å². The lowest BCUT2D eigenvalue weighted by atomic mass is 9.54. The number of rotatable bonds is 3. The van der Waals surface area contributed by atoms with Gasteiger partial charge in [-0.25, -0.2) is 0 Å². The van der Waals surface area contributed by atoms with Crippen LogP contribution in [0.15, 0.2) is 24.3 Å². The van der Waals surface area contributed by atoms with Crippen molar-refractivity contribution in [2.45, 2.75) is 58.0 Å². The van der Waals surface area contributed by atoms with Crippen molar-refractivity contribution in [2.75, 3.05) is 0 Å². The van der Waals surface area contributed by atoms with Crippen molar-refractivity contribution in [3.63, 3.8) is 0 Å². The Balaban J connectivity index is 1.47. The van der Waals surface area contributed by atoms with E-state index in [1.54, 1.807) is 6.42 Å². The smallest absolute Gasteiger partial charge is 0.0294 e. The summed E-state index contributed by atoms with van der Waals surface area (Å²) < 4.78 is 0. The van der Waals surface area contributed by atoms with Crippen molar-refractivity contribution in [1.29, 1.82) is 0 Å². The third-order valence-corrected chi connectivity index (χ3v) is 6.25. The Bertz CT molecular complexity index is 447. The summed E-state index contributed by atoms with van der Waals surface area (Å²) in [5.41, 5.74) is 2.81. The Morgan fingerprint density at radius 3 is 2.00 bits per heavy atom. The van der Waals surface area contributed by atoms with E-state index in [2.05, 4.69) is 43.4 Å². The predicted molar refractivity (Wildman–Crippen MR) is 83.6 cm³/mol. The molecule has 5 rings (SSSR count). The highest BCUT2D eigenvalue weighted by molar-refractivity contribution is 5.24. The van der Waals surface area contributed by atoms with Crippen LogP contribution in [0.3, 0.4) is 0 Å². The van der Waals surface area contributed by atoms with Crippen LogP contribution < -0.4 is 5.32 Å². The molecular weight excluding hydrogens is 242 g/mol. The molecule has 1 aromatic carbocycles. The van der Waals surface area contributed by atoms with E-state index in [0.717, 1.165) is 29.7 Å². The number of nitrogens with one attached hydrogen (secondary N) is 1. The molecule has 0 amide bonds. The molecule has 1 heteroatoms. The first kappa shape index (κ1) is 12.9. The van der Waals surface area contributed by atoms with E-state index in [1.165, 1.54) is 36.8 Å². The molecule has 4 aliphatic rings. The van der Waals surface area contributed by atoms with E-state index in [-0.39, 0.29) is 0 Å². The van der Waals surface area contributed by atoms with E-state index in [1.807, 2.05) is 0 Å². The fraction of sp³-hybridized carbons (Fsp3) is 0.684. The van der Waals surface area contributed by atoms with Gasteiger partial charge in [0.15, 0.2) is 0 Å². The van der Waals surface area contributed by atoms with Gasteiger partial charge in [-0.2, -0.15) is 0 Å². The molecule has 1 N–H and O–H groups in total. The van der Waals surface area contributed by atoms with E-state index >= 15 is 0 Å². The molecule has 0 saturated heterocycles. The molecule has 20 heavy (non-hydrogen) atoms. The molecule has 0 heterocycles. The Kier molecular flexibility index (Phi) is 3.14. The molecule has 0 spiro atoms. The van der Waals surface area contributed by atoms with Crippen LogP contribution in [0.4, 0.5) is 0 Å². The van der Waals surface area contributed by atoms with E-state index < -0.39 is 0 Å². The van der Waals surface area contributed by atoms with Crippen LogP contribution in [-0.2, 0) is 0 Å². The summed E-state index contributed by atoms with van der Waals surface area (Å²) in [5, 5.41) is 4.00. The van der Waals surface area contributed by atoms with Crippen molar-refractivity contribution in [2.24, 2.45) is 23.7 Å². The van der Waals surface area contributed by atoms with Gasteiger partial charge in [0.05, 0.1) is 0 Å². The molecular formula is C19H27N. The summed E-state index contributed by atoms with van der Waals surface area (Å²) in [6, 6.07) is 10.4. The molecule has 4 bridgehead atoms. The molecule has 4 saturated carbocycles. The summed E-state index contributed by atoms with van der Waals surface area (Å²) in [6.45, 7) is 4.51. The van der Waals surface area contributed by atoms with Crippen LogP contribution in [0, 0.1) is 30.6 Å². The normalized spacial score (nSPS) is 40.0. The lowest BCUT2D eigenvalue weighted by molar-refractivity contribution is -0.0171. The second kappa shape index (κ2) is 4.87. The van der Waals surface area contributed by atoms with Crippen molar-refractivity contribution in [3.8, 4) is 0 Å². The lowest BCUT2D eigenvalue weighted by Gasteiger charge is -2.55. The minimum Gasteiger partial charge on any atom is -0.307 e. The molecule has 1 nitrogen and oxygen atoms in total. The van der Waals surface area contributed by atoms with Gasteiger partial charge in [-0.15, -0.1) is 0 Å². The zero-order valence-corrected chi connectivity index (χ0v) is 12.8. The van der Waals surface area contributed by atoms with Crippen molar-refractivity contribution in [1.82, 2.24) is 5.32 Å². The Morgan fingerprint density at radius 2 is 1.45 bits per heavy atom. The maximum absolute atomic E-state index is 4.00. The van der Waals surface area contributed by atoms with Crippen molar-refractivity contribution in [3.05, 3.63) is 35.4 Å². The topological polar surface area (TPSA) is 12.0 Å². The first-order chi connectivity index (χ1) is 9.69. The van der Waals surface area contributed by atoms with Gasteiger partial charge in [0, 0.05) is 12.1 Å².